The van der Waals surface area contributed by atoms with Crippen LogP contribution in [-0.2, 0) is 40.2 Å². The summed E-state index contributed by atoms with van der Waals surface area (Å²) in [7, 11) is -6.58. The standard InChI is InChI=1S/C14H9ClF2N4O2S.C14H8ClF2NO2S.C7H3Cl2NO2S.C7H5ClN2.C6H5F2N/c15-10-3-9(14-18-20-21-19-14)4-12(5-10)24(22,23)7-8-1-2-11(16)6-13(8)17;15-11-3-9(7-18)4-13(5-11)21(19,20)8-10-1-2-12(16)6-14(10)17;8-6-1-5(4-10)2-7(3-6)13(9,11)12;8-6-1-5(4-9)2-7(10)3-6;7-4-1-2-6(9)5(8)3-4/h1-6H,7H2,(H,18,19,20,21);1-6H,8H2;1-3H;1-3H,10H2;1-3H,9H2. The van der Waals surface area contributed by atoms with E-state index in [9.17, 15) is 51.6 Å². The van der Waals surface area contributed by atoms with E-state index in [1.807, 2.05) is 6.07 Å². The molecule has 8 rings (SSSR count). The Kier molecular flexibility index (Phi) is 22.2. The number of sulfone groups is 2. The normalized spacial score (nSPS) is 10.8. The fraction of sp³-hybridized carbons (Fsp3) is 0.0417. The number of hydrogen-bond acceptors (Lipinski definition) is 14. The Balaban J connectivity index is 0.000000219. The third-order valence-corrected chi connectivity index (χ3v) is 14.7. The minimum atomic E-state index is -3.92. The van der Waals surface area contributed by atoms with Crippen LogP contribution >= 0.6 is 57.1 Å². The number of aromatic nitrogens is 4. The Morgan fingerprint density at radius 1 is 0.494 bits per heavy atom. The average molecular weight is 1220 g/mol. The molecule has 0 fully saturated rings. The number of rotatable bonds is 8. The van der Waals surface area contributed by atoms with E-state index >= 15 is 0 Å². The third kappa shape index (κ3) is 19.6. The van der Waals surface area contributed by atoms with Crippen LogP contribution in [0, 0.1) is 68.9 Å². The number of tetrazole rings is 1. The zero-order valence-electron chi connectivity index (χ0n) is 38.2. The van der Waals surface area contributed by atoms with Gasteiger partial charge in [0.05, 0.1) is 66.8 Å². The summed E-state index contributed by atoms with van der Waals surface area (Å²) in [6.07, 6.45) is 0. The second kappa shape index (κ2) is 27.6. The highest BCUT2D eigenvalue weighted by Gasteiger charge is 2.22. The lowest BCUT2D eigenvalue weighted by molar-refractivity contribution is 0.569. The van der Waals surface area contributed by atoms with Gasteiger partial charge in [-0.25, -0.2) is 51.6 Å². The van der Waals surface area contributed by atoms with Crippen LogP contribution in [0.2, 0.25) is 20.1 Å². The van der Waals surface area contributed by atoms with Gasteiger partial charge in [0.15, 0.2) is 19.7 Å². The van der Waals surface area contributed by atoms with Gasteiger partial charge in [-0.2, -0.15) is 21.0 Å². The van der Waals surface area contributed by atoms with Gasteiger partial charge in [0.1, 0.15) is 34.9 Å². The summed E-state index contributed by atoms with van der Waals surface area (Å²) < 4.78 is 148. The molecule has 15 nitrogen and oxygen atoms in total. The Morgan fingerprint density at radius 2 is 0.896 bits per heavy atom. The minimum Gasteiger partial charge on any atom is -0.399 e. The number of hydrogen-bond donors (Lipinski definition) is 3. The van der Waals surface area contributed by atoms with Crippen LogP contribution in [-0.4, -0.2) is 45.9 Å². The van der Waals surface area contributed by atoms with Gasteiger partial charge in [0.2, 0.25) is 5.82 Å². The van der Waals surface area contributed by atoms with E-state index < -0.39 is 75.1 Å². The van der Waals surface area contributed by atoms with Crippen molar-refractivity contribution in [2.75, 3.05) is 11.5 Å². The van der Waals surface area contributed by atoms with E-state index in [-0.39, 0.29) is 63.5 Å². The monoisotopic (exact) mass is 1210 g/mol. The van der Waals surface area contributed by atoms with Crippen LogP contribution in [0.15, 0.2) is 142 Å². The Hall–Kier alpha value is -7.44. The molecule has 1 heterocycles. The molecule has 0 amide bonds. The van der Waals surface area contributed by atoms with Crippen LogP contribution in [0.4, 0.5) is 37.7 Å². The predicted octanol–water partition coefficient (Wildman–Crippen LogP) is 11.7. The predicted molar refractivity (Wildman–Crippen MR) is 276 cm³/mol. The second-order valence-electron chi connectivity index (χ2n) is 15.0. The summed E-state index contributed by atoms with van der Waals surface area (Å²) >= 11 is 22.9. The van der Waals surface area contributed by atoms with Crippen molar-refractivity contribution in [3.05, 3.63) is 210 Å². The van der Waals surface area contributed by atoms with Crippen molar-refractivity contribution in [3.8, 4) is 29.6 Å². The fourth-order valence-electron chi connectivity index (χ4n) is 5.76. The van der Waals surface area contributed by atoms with Gasteiger partial charge in [-0.1, -0.05) is 58.5 Å². The molecule has 0 saturated carbocycles. The molecule has 5 N–H and O–H groups in total. The number of benzene rings is 7. The molecule has 7 aromatic carbocycles. The summed E-state index contributed by atoms with van der Waals surface area (Å²) in [6.45, 7) is 0. The van der Waals surface area contributed by atoms with Crippen LogP contribution in [0.5, 0.6) is 0 Å². The van der Waals surface area contributed by atoms with Crippen molar-refractivity contribution in [2.24, 2.45) is 0 Å². The van der Waals surface area contributed by atoms with Gasteiger partial charge >= 0.3 is 0 Å². The molecule has 398 valence electrons. The Bertz CT molecular complexity index is 3930. The van der Waals surface area contributed by atoms with E-state index in [0.717, 1.165) is 48.5 Å². The maximum Gasteiger partial charge on any atom is 0.261 e. The largest absolute Gasteiger partial charge is 0.399 e. The SMILES string of the molecule is N#Cc1cc(Cl)cc(S(=O)(=O)Cc2ccc(F)cc2F)c1.N#Cc1cc(Cl)cc(S(=O)(=O)Cl)c1.N#Cc1cc(N)cc(Cl)c1.Nc1ccc(F)cc1F.O=S(=O)(Cc1ccc(F)cc1F)c1cc(Cl)cc(-c2nn[nH]n2)c1. The molecule has 0 aliphatic rings. The highest BCUT2D eigenvalue weighted by atomic mass is 35.7. The molecule has 0 bridgehead atoms. The fourth-order valence-corrected chi connectivity index (χ4v) is 10.6. The molecule has 0 spiro atoms. The number of nitrogens with zero attached hydrogens (tertiary/aromatic N) is 6. The van der Waals surface area contributed by atoms with Crippen molar-refractivity contribution >= 4 is 97.2 Å². The Labute approximate surface area is 459 Å². The maximum absolute atomic E-state index is 13.7. The van der Waals surface area contributed by atoms with Crippen LogP contribution in [0.1, 0.15) is 27.8 Å². The molecule has 0 unspecified atom stereocenters. The highest BCUT2D eigenvalue weighted by Crippen LogP contribution is 2.28. The maximum atomic E-state index is 13.7. The van der Waals surface area contributed by atoms with E-state index in [1.54, 1.807) is 30.3 Å². The summed E-state index contributed by atoms with van der Waals surface area (Å²) in [4.78, 5) is -0.480. The quantitative estimate of drug-likeness (QED) is 0.0725. The highest BCUT2D eigenvalue weighted by molar-refractivity contribution is 8.13. The zero-order chi connectivity index (χ0) is 57.4. The Morgan fingerprint density at radius 3 is 1.30 bits per heavy atom. The van der Waals surface area contributed by atoms with Gasteiger partial charge in [-0.05, 0) is 102 Å². The molecule has 29 heteroatoms. The van der Waals surface area contributed by atoms with Crippen molar-refractivity contribution in [1.29, 1.82) is 15.8 Å². The molecule has 0 radical (unpaired) electrons. The molecule has 8 aromatic rings. The van der Waals surface area contributed by atoms with Crippen LogP contribution in [0.3, 0.4) is 0 Å². The minimum absolute atomic E-state index is 0.0311. The second-order valence-corrected chi connectivity index (χ2v) is 23.3. The molecular weight excluding hydrogens is 1190 g/mol. The molecule has 0 atom stereocenters. The number of aromatic amines is 1. The van der Waals surface area contributed by atoms with Crippen LogP contribution < -0.4 is 11.5 Å². The number of nitrogen functional groups attached to an aromatic ring is 2. The molecule has 77 heavy (non-hydrogen) atoms. The molecular formula is C48H30Cl5F6N9O6S3. The number of anilines is 2. The number of nitrogens with one attached hydrogen (secondary N) is 1. The van der Waals surface area contributed by atoms with E-state index in [1.165, 1.54) is 48.5 Å². The summed E-state index contributed by atoms with van der Waals surface area (Å²) in [5.74, 6) is -5.88. The lowest BCUT2D eigenvalue weighted by atomic mass is 10.2. The average Bonchev–Trinajstić information content (AvgIpc) is 3.90. The first-order valence-corrected chi connectivity index (χ1v) is 27.6. The molecule has 0 aliphatic carbocycles. The van der Waals surface area contributed by atoms with Gasteiger partial charge in [-0.3, -0.25) is 0 Å². The van der Waals surface area contributed by atoms with E-state index in [0.29, 0.717) is 34.0 Å². The van der Waals surface area contributed by atoms with Crippen molar-refractivity contribution in [1.82, 2.24) is 20.6 Å². The van der Waals surface area contributed by atoms with Gasteiger partial charge in [-0.15, -0.1) is 10.2 Å². The van der Waals surface area contributed by atoms with Crippen molar-refractivity contribution in [3.63, 3.8) is 0 Å². The molecule has 0 saturated heterocycles. The molecule has 1 aromatic heterocycles. The van der Waals surface area contributed by atoms with Crippen molar-refractivity contribution < 1.29 is 51.6 Å². The first kappa shape index (κ1) is 62.1. The zero-order valence-corrected chi connectivity index (χ0v) is 44.4. The summed E-state index contributed by atoms with van der Waals surface area (Å²) in [5.41, 5.74) is 11.7. The third-order valence-electron chi connectivity index (χ3n) is 9.21. The number of halogens is 11. The number of nitrogens with two attached hydrogens (primary N) is 2. The first-order chi connectivity index (χ1) is 36.0. The lowest BCUT2D eigenvalue weighted by Gasteiger charge is -2.08. The first-order valence-electron chi connectivity index (χ1n) is 20.4. The lowest BCUT2D eigenvalue weighted by Crippen LogP contribution is -2.07. The van der Waals surface area contributed by atoms with Gasteiger partial charge < -0.3 is 11.5 Å². The van der Waals surface area contributed by atoms with Crippen LogP contribution in [0.25, 0.3) is 11.4 Å². The number of nitriles is 3. The summed E-state index contributed by atoms with van der Waals surface area (Å²) in [5, 5.41) is 39.8. The number of H-pyrrole nitrogens is 1. The molecule has 0 aliphatic heterocycles. The van der Waals surface area contributed by atoms with E-state index in [4.69, 9.17) is 84.3 Å². The summed E-state index contributed by atoms with van der Waals surface area (Å²) in [6, 6.07) is 30.1. The van der Waals surface area contributed by atoms with Crippen molar-refractivity contribution in [2.45, 2.75) is 26.2 Å². The topological polar surface area (TPSA) is 280 Å². The van der Waals surface area contributed by atoms with Gasteiger partial charge in [0, 0.05) is 71.3 Å². The van der Waals surface area contributed by atoms with E-state index in [2.05, 4.69) is 20.6 Å². The smallest absolute Gasteiger partial charge is 0.261 e. The van der Waals surface area contributed by atoms with Gasteiger partial charge in [0.25, 0.3) is 9.05 Å².